The van der Waals surface area contributed by atoms with Crippen molar-refractivity contribution in [1.29, 1.82) is 0 Å². The second-order valence-corrected chi connectivity index (χ2v) is 5.85. The summed E-state index contributed by atoms with van der Waals surface area (Å²) in [5.41, 5.74) is 11.5. The van der Waals surface area contributed by atoms with E-state index in [9.17, 15) is 13.2 Å². The quantitative estimate of drug-likeness (QED) is 0.740. The number of hydrogen-bond acceptors (Lipinski definition) is 4. The standard InChI is InChI=1S/C10H14N2O3S/c1-6-5-8(11)3-4-9(6)16(14,15)7(2)10(12)13/h3-5,7H,11H2,1-2H3,(H2,12,13). The number of aryl methyl sites for hydroxylation is 1. The lowest BCUT2D eigenvalue weighted by atomic mass is 10.2. The van der Waals surface area contributed by atoms with Crippen LogP contribution in [0.15, 0.2) is 23.1 Å². The van der Waals surface area contributed by atoms with E-state index in [1.54, 1.807) is 13.0 Å². The van der Waals surface area contributed by atoms with Gasteiger partial charge in [-0.3, -0.25) is 4.79 Å². The Morgan fingerprint density at radius 3 is 2.38 bits per heavy atom. The van der Waals surface area contributed by atoms with Crippen LogP contribution in [-0.4, -0.2) is 19.6 Å². The first-order valence-electron chi connectivity index (χ1n) is 4.66. The van der Waals surface area contributed by atoms with Crippen molar-refractivity contribution in [2.45, 2.75) is 24.0 Å². The van der Waals surface area contributed by atoms with Crippen molar-refractivity contribution in [3.05, 3.63) is 23.8 Å². The summed E-state index contributed by atoms with van der Waals surface area (Å²) in [7, 11) is -3.72. The molecule has 16 heavy (non-hydrogen) atoms. The van der Waals surface area contributed by atoms with Gasteiger partial charge in [0.2, 0.25) is 5.91 Å². The maximum absolute atomic E-state index is 12.0. The van der Waals surface area contributed by atoms with E-state index in [2.05, 4.69) is 0 Å². The molecule has 0 spiro atoms. The Labute approximate surface area is 94.4 Å². The number of sulfone groups is 1. The van der Waals surface area contributed by atoms with Gasteiger partial charge in [0.05, 0.1) is 4.90 Å². The van der Waals surface area contributed by atoms with Crippen molar-refractivity contribution in [2.24, 2.45) is 5.73 Å². The Bertz CT molecular complexity index is 523. The van der Waals surface area contributed by atoms with Crippen LogP contribution >= 0.6 is 0 Å². The molecule has 1 unspecified atom stereocenters. The lowest BCUT2D eigenvalue weighted by Crippen LogP contribution is -2.33. The maximum Gasteiger partial charge on any atom is 0.235 e. The zero-order valence-electron chi connectivity index (χ0n) is 9.10. The van der Waals surface area contributed by atoms with Gasteiger partial charge in [0.25, 0.3) is 0 Å². The van der Waals surface area contributed by atoms with Gasteiger partial charge >= 0.3 is 0 Å². The average Bonchev–Trinajstić information content (AvgIpc) is 2.15. The molecule has 0 saturated heterocycles. The zero-order valence-corrected chi connectivity index (χ0v) is 9.91. The summed E-state index contributed by atoms with van der Waals surface area (Å²) >= 11 is 0. The highest BCUT2D eigenvalue weighted by atomic mass is 32.2. The molecule has 0 radical (unpaired) electrons. The lowest BCUT2D eigenvalue weighted by molar-refractivity contribution is -0.117. The highest BCUT2D eigenvalue weighted by molar-refractivity contribution is 7.92. The second-order valence-electron chi connectivity index (χ2n) is 3.61. The molecule has 4 N–H and O–H groups in total. The minimum absolute atomic E-state index is 0.0907. The molecule has 1 amide bonds. The molecular weight excluding hydrogens is 228 g/mol. The van der Waals surface area contributed by atoms with E-state index in [-0.39, 0.29) is 4.90 Å². The summed E-state index contributed by atoms with van der Waals surface area (Å²) in [6.45, 7) is 2.89. The van der Waals surface area contributed by atoms with E-state index in [4.69, 9.17) is 11.5 Å². The van der Waals surface area contributed by atoms with Crippen molar-refractivity contribution < 1.29 is 13.2 Å². The first-order chi connectivity index (χ1) is 7.26. The summed E-state index contributed by atoms with van der Waals surface area (Å²) < 4.78 is 23.9. The van der Waals surface area contributed by atoms with Crippen LogP contribution in [0.25, 0.3) is 0 Å². The van der Waals surface area contributed by atoms with Crippen molar-refractivity contribution in [2.75, 3.05) is 5.73 Å². The molecule has 1 aromatic rings. The van der Waals surface area contributed by atoms with Gasteiger partial charge in [-0.25, -0.2) is 8.42 Å². The Balaban J connectivity index is 3.33. The van der Waals surface area contributed by atoms with Gasteiger partial charge in [-0.2, -0.15) is 0 Å². The zero-order chi connectivity index (χ0) is 12.5. The molecule has 5 nitrogen and oxygen atoms in total. The molecule has 0 aliphatic heterocycles. The van der Waals surface area contributed by atoms with E-state index >= 15 is 0 Å². The predicted octanol–water partition coefficient (Wildman–Crippen LogP) is 0.225. The van der Waals surface area contributed by atoms with Crippen LogP contribution in [0.3, 0.4) is 0 Å². The molecule has 1 aromatic carbocycles. The third kappa shape index (κ3) is 2.16. The van der Waals surface area contributed by atoms with E-state index in [0.717, 1.165) is 0 Å². The van der Waals surface area contributed by atoms with Crippen LogP contribution in [0.5, 0.6) is 0 Å². The number of nitrogens with two attached hydrogens (primary N) is 2. The monoisotopic (exact) mass is 242 g/mol. The first kappa shape index (κ1) is 12.5. The number of hydrogen-bond donors (Lipinski definition) is 2. The maximum atomic E-state index is 12.0. The molecule has 0 aromatic heterocycles. The largest absolute Gasteiger partial charge is 0.399 e. The highest BCUT2D eigenvalue weighted by Gasteiger charge is 2.29. The normalized spacial score (nSPS) is 13.4. The number of carbonyl (C=O) groups is 1. The first-order valence-corrected chi connectivity index (χ1v) is 6.21. The fraction of sp³-hybridized carbons (Fsp3) is 0.300. The van der Waals surface area contributed by atoms with Gasteiger partial charge in [-0.15, -0.1) is 0 Å². The minimum Gasteiger partial charge on any atom is -0.399 e. The number of rotatable bonds is 3. The predicted molar refractivity (Wildman–Crippen MR) is 61.4 cm³/mol. The Hall–Kier alpha value is -1.56. The Kier molecular flexibility index (Phi) is 3.23. The molecule has 0 aliphatic carbocycles. The second kappa shape index (κ2) is 4.13. The number of amides is 1. The molecule has 0 heterocycles. The van der Waals surface area contributed by atoms with Crippen LogP contribution in [0.4, 0.5) is 5.69 Å². The molecule has 0 fully saturated rings. The van der Waals surface area contributed by atoms with E-state index in [1.165, 1.54) is 19.1 Å². The lowest BCUT2D eigenvalue weighted by Gasteiger charge is -2.12. The van der Waals surface area contributed by atoms with Crippen molar-refractivity contribution in [1.82, 2.24) is 0 Å². The number of primary amides is 1. The van der Waals surface area contributed by atoms with Crippen LogP contribution in [0, 0.1) is 6.92 Å². The number of benzene rings is 1. The Morgan fingerprint density at radius 2 is 1.94 bits per heavy atom. The Morgan fingerprint density at radius 1 is 1.38 bits per heavy atom. The fourth-order valence-electron chi connectivity index (χ4n) is 1.34. The fourth-order valence-corrected chi connectivity index (χ4v) is 2.79. The molecule has 0 saturated carbocycles. The smallest absolute Gasteiger partial charge is 0.235 e. The van der Waals surface area contributed by atoms with Gasteiger partial charge in [0.1, 0.15) is 5.25 Å². The number of anilines is 1. The highest BCUT2D eigenvalue weighted by Crippen LogP contribution is 2.22. The summed E-state index contributed by atoms with van der Waals surface area (Å²) in [6.07, 6.45) is 0. The van der Waals surface area contributed by atoms with Crippen LogP contribution in [0.2, 0.25) is 0 Å². The van der Waals surface area contributed by atoms with Crippen LogP contribution < -0.4 is 11.5 Å². The van der Waals surface area contributed by atoms with Gasteiger partial charge in [-0.05, 0) is 37.6 Å². The summed E-state index contributed by atoms with van der Waals surface area (Å²) in [5.74, 6) is -0.865. The third-order valence-electron chi connectivity index (χ3n) is 2.37. The summed E-state index contributed by atoms with van der Waals surface area (Å²) in [4.78, 5) is 11.0. The summed E-state index contributed by atoms with van der Waals surface area (Å²) in [5, 5.41) is -1.24. The minimum atomic E-state index is -3.72. The number of nitrogen functional groups attached to an aromatic ring is 1. The summed E-state index contributed by atoms with van der Waals surface area (Å²) in [6, 6.07) is 4.41. The van der Waals surface area contributed by atoms with Crippen molar-refractivity contribution in [3.63, 3.8) is 0 Å². The third-order valence-corrected chi connectivity index (χ3v) is 4.61. The van der Waals surface area contributed by atoms with Crippen molar-refractivity contribution in [3.8, 4) is 0 Å². The molecule has 88 valence electrons. The van der Waals surface area contributed by atoms with Gasteiger partial charge in [0, 0.05) is 5.69 Å². The van der Waals surface area contributed by atoms with Crippen molar-refractivity contribution >= 4 is 21.4 Å². The molecule has 0 aliphatic rings. The SMILES string of the molecule is Cc1cc(N)ccc1S(=O)(=O)C(C)C(N)=O. The molecule has 1 rings (SSSR count). The van der Waals surface area contributed by atoms with E-state index < -0.39 is 21.0 Å². The molecule has 1 atom stereocenters. The van der Waals surface area contributed by atoms with Gasteiger partial charge in [-0.1, -0.05) is 0 Å². The van der Waals surface area contributed by atoms with E-state index in [1.807, 2.05) is 0 Å². The average molecular weight is 242 g/mol. The molecular formula is C10H14N2O3S. The molecule has 6 heteroatoms. The topological polar surface area (TPSA) is 103 Å². The van der Waals surface area contributed by atoms with E-state index in [0.29, 0.717) is 11.3 Å². The van der Waals surface area contributed by atoms with Gasteiger partial charge < -0.3 is 11.5 Å². The molecule has 0 bridgehead atoms. The van der Waals surface area contributed by atoms with Crippen LogP contribution in [-0.2, 0) is 14.6 Å². The van der Waals surface area contributed by atoms with Gasteiger partial charge in [0.15, 0.2) is 9.84 Å². The van der Waals surface area contributed by atoms with Crippen LogP contribution in [0.1, 0.15) is 12.5 Å². The number of carbonyl (C=O) groups excluding carboxylic acids is 1.